The highest BCUT2D eigenvalue weighted by Crippen LogP contribution is 2.12. The van der Waals surface area contributed by atoms with Gasteiger partial charge in [0.25, 0.3) is 0 Å². The molecule has 0 aromatic heterocycles. The summed E-state index contributed by atoms with van der Waals surface area (Å²) in [5.41, 5.74) is 2.14. The number of nitrogens with one attached hydrogen (secondary N) is 2. The van der Waals surface area contributed by atoms with Gasteiger partial charge >= 0.3 is 5.97 Å². The Balaban J connectivity index is 1.69. The summed E-state index contributed by atoms with van der Waals surface area (Å²) in [6, 6.07) is 14.4. The van der Waals surface area contributed by atoms with Crippen molar-refractivity contribution in [2.45, 2.75) is 12.8 Å². The number of methoxy groups -OCH3 is 1. The summed E-state index contributed by atoms with van der Waals surface area (Å²) in [6.07, 6.45) is 1.20. The normalized spacial score (nSPS) is 10.3. The van der Waals surface area contributed by atoms with Gasteiger partial charge in [-0.1, -0.05) is 29.8 Å². The molecule has 0 unspecified atom stereocenters. The van der Waals surface area contributed by atoms with Crippen LogP contribution in [0.2, 0.25) is 5.02 Å². The SMILES string of the molecule is COC(=O)c1cccc(NC(=O)CCNCCc2cccc(Cl)c2)c1. The van der Waals surface area contributed by atoms with Crippen molar-refractivity contribution in [1.29, 1.82) is 0 Å². The van der Waals surface area contributed by atoms with Gasteiger partial charge in [-0.15, -0.1) is 0 Å². The van der Waals surface area contributed by atoms with E-state index in [0.717, 1.165) is 23.6 Å². The van der Waals surface area contributed by atoms with Gasteiger partial charge in [0, 0.05) is 23.7 Å². The van der Waals surface area contributed by atoms with Gasteiger partial charge in [0.1, 0.15) is 0 Å². The van der Waals surface area contributed by atoms with Crippen LogP contribution < -0.4 is 10.6 Å². The van der Waals surface area contributed by atoms with Crippen LogP contribution in [0.4, 0.5) is 5.69 Å². The first-order valence-electron chi connectivity index (χ1n) is 8.02. The molecule has 0 atom stereocenters. The standard InChI is InChI=1S/C19H21ClN2O3/c1-25-19(24)15-5-3-7-17(13-15)22-18(23)9-11-21-10-8-14-4-2-6-16(20)12-14/h2-7,12-13,21H,8-11H2,1H3,(H,22,23). The number of carbonyl (C=O) groups excluding carboxylic acids is 2. The molecule has 2 rings (SSSR count). The lowest BCUT2D eigenvalue weighted by molar-refractivity contribution is -0.116. The molecule has 2 aromatic rings. The van der Waals surface area contributed by atoms with E-state index < -0.39 is 5.97 Å². The lowest BCUT2D eigenvalue weighted by Crippen LogP contribution is -2.23. The molecule has 25 heavy (non-hydrogen) atoms. The van der Waals surface area contributed by atoms with E-state index in [9.17, 15) is 9.59 Å². The van der Waals surface area contributed by atoms with E-state index in [-0.39, 0.29) is 5.91 Å². The third-order valence-corrected chi connectivity index (χ3v) is 3.81. The predicted octanol–water partition coefficient (Wildman–Crippen LogP) is 3.29. The van der Waals surface area contributed by atoms with E-state index in [4.69, 9.17) is 11.6 Å². The molecule has 0 fully saturated rings. The van der Waals surface area contributed by atoms with Gasteiger partial charge in [-0.2, -0.15) is 0 Å². The number of halogens is 1. The van der Waals surface area contributed by atoms with Crippen LogP contribution in [0.25, 0.3) is 0 Å². The molecule has 5 nitrogen and oxygen atoms in total. The Morgan fingerprint density at radius 2 is 1.88 bits per heavy atom. The summed E-state index contributed by atoms with van der Waals surface area (Å²) in [5.74, 6) is -0.545. The number of hydrogen-bond acceptors (Lipinski definition) is 4. The minimum absolute atomic E-state index is 0.114. The fourth-order valence-electron chi connectivity index (χ4n) is 2.32. The zero-order valence-corrected chi connectivity index (χ0v) is 14.8. The van der Waals surface area contributed by atoms with E-state index in [1.54, 1.807) is 24.3 Å². The molecule has 0 spiro atoms. The summed E-state index contributed by atoms with van der Waals surface area (Å²) in [4.78, 5) is 23.4. The predicted molar refractivity (Wildman–Crippen MR) is 99.1 cm³/mol. The number of benzene rings is 2. The highest BCUT2D eigenvalue weighted by Gasteiger charge is 2.07. The minimum atomic E-state index is -0.432. The van der Waals surface area contributed by atoms with Crippen molar-refractivity contribution < 1.29 is 14.3 Å². The second kappa shape index (κ2) is 9.81. The maximum Gasteiger partial charge on any atom is 0.337 e. The first kappa shape index (κ1) is 19.0. The van der Waals surface area contributed by atoms with Crippen molar-refractivity contribution in [3.05, 3.63) is 64.7 Å². The highest BCUT2D eigenvalue weighted by atomic mass is 35.5. The maximum absolute atomic E-state index is 12.0. The Morgan fingerprint density at radius 1 is 1.08 bits per heavy atom. The number of esters is 1. The molecule has 0 heterocycles. The molecule has 0 aliphatic rings. The first-order valence-corrected chi connectivity index (χ1v) is 8.39. The summed E-state index contributed by atoms with van der Waals surface area (Å²) >= 11 is 5.94. The van der Waals surface area contributed by atoms with E-state index in [2.05, 4.69) is 15.4 Å². The third kappa shape index (κ3) is 6.57. The summed E-state index contributed by atoms with van der Waals surface area (Å²) in [5, 5.41) is 6.73. The van der Waals surface area contributed by atoms with E-state index in [1.807, 2.05) is 24.3 Å². The molecule has 0 saturated carbocycles. The van der Waals surface area contributed by atoms with Gasteiger partial charge in [-0.25, -0.2) is 4.79 Å². The van der Waals surface area contributed by atoms with Crippen LogP contribution in [0.3, 0.4) is 0 Å². The largest absolute Gasteiger partial charge is 0.465 e. The van der Waals surface area contributed by atoms with Crippen LogP contribution in [0.15, 0.2) is 48.5 Å². The molecule has 0 saturated heterocycles. The van der Waals surface area contributed by atoms with Crippen LogP contribution >= 0.6 is 11.6 Å². The number of rotatable bonds is 8. The second-order valence-corrected chi connectivity index (χ2v) is 5.94. The monoisotopic (exact) mass is 360 g/mol. The summed E-state index contributed by atoms with van der Waals surface area (Å²) in [6.45, 7) is 1.34. The molecule has 1 amide bonds. The van der Waals surface area contributed by atoms with Crippen LogP contribution in [0.5, 0.6) is 0 Å². The molecule has 0 aliphatic carbocycles. The number of anilines is 1. The molecule has 132 valence electrons. The molecule has 0 radical (unpaired) electrons. The number of hydrogen-bond donors (Lipinski definition) is 2. The van der Waals surface area contributed by atoms with Gasteiger partial charge in [0.05, 0.1) is 12.7 Å². The zero-order valence-electron chi connectivity index (χ0n) is 14.0. The number of amides is 1. The fraction of sp³-hybridized carbons (Fsp3) is 0.263. The Labute approximate surface area is 152 Å². The number of ether oxygens (including phenoxy) is 1. The van der Waals surface area contributed by atoms with Crippen molar-refractivity contribution in [3.8, 4) is 0 Å². The molecule has 0 bridgehead atoms. The summed E-state index contributed by atoms with van der Waals surface area (Å²) in [7, 11) is 1.32. The van der Waals surface area contributed by atoms with Crippen LogP contribution in [0.1, 0.15) is 22.3 Å². The average Bonchev–Trinajstić information content (AvgIpc) is 2.61. The Kier molecular flexibility index (Phi) is 7.44. The van der Waals surface area contributed by atoms with Gasteiger partial charge in [-0.3, -0.25) is 4.79 Å². The second-order valence-electron chi connectivity index (χ2n) is 5.50. The Hall–Kier alpha value is -2.37. The quantitative estimate of drug-likeness (QED) is 0.560. The van der Waals surface area contributed by atoms with Gasteiger partial charge in [0.2, 0.25) is 5.91 Å². The van der Waals surface area contributed by atoms with Crippen molar-refractivity contribution >= 4 is 29.2 Å². The lowest BCUT2D eigenvalue weighted by Gasteiger charge is -2.08. The third-order valence-electron chi connectivity index (χ3n) is 3.58. The Bertz CT molecular complexity index is 734. The van der Waals surface area contributed by atoms with Gasteiger partial charge in [-0.05, 0) is 48.9 Å². The van der Waals surface area contributed by atoms with Crippen LogP contribution in [0, 0.1) is 0 Å². The summed E-state index contributed by atoms with van der Waals surface area (Å²) < 4.78 is 4.66. The van der Waals surface area contributed by atoms with Crippen molar-refractivity contribution in [3.63, 3.8) is 0 Å². The van der Waals surface area contributed by atoms with Crippen LogP contribution in [-0.2, 0) is 16.0 Å². The van der Waals surface area contributed by atoms with Crippen molar-refractivity contribution in [2.75, 3.05) is 25.5 Å². The highest BCUT2D eigenvalue weighted by molar-refractivity contribution is 6.30. The molecular formula is C19H21ClN2O3. The molecular weight excluding hydrogens is 340 g/mol. The molecule has 2 aromatic carbocycles. The molecule has 0 aliphatic heterocycles. The Morgan fingerprint density at radius 3 is 2.64 bits per heavy atom. The topological polar surface area (TPSA) is 67.4 Å². The van der Waals surface area contributed by atoms with Crippen molar-refractivity contribution in [1.82, 2.24) is 5.32 Å². The van der Waals surface area contributed by atoms with Gasteiger partial charge in [0.15, 0.2) is 0 Å². The first-order chi connectivity index (χ1) is 12.1. The smallest absolute Gasteiger partial charge is 0.337 e. The fourth-order valence-corrected chi connectivity index (χ4v) is 2.53. The zero-order chi connectivity index (χ0) is 18.1. The minimum Gasteiger partial charge on any atom is -0.465 e. The van der Waals surface area contributed by atoms with Crippen molar-refractivity contribution in [2.24, 2.45) is 0 Å². The molecule has 6 heteroatoms. The average molecular weight is 361 g/mol. The van der Waals surface area contributed by atoms with E-state index in [0.29, 0.717) is 24.2 Å². The maximum atomic E-state index is 12.0. The van der Waals surface area contributed by atoms with E-state index >= 15 is 0 Å². The van der Waals surface area contributed by atoms with Crippen LogP contribution in [-0.4, -0.2) is 32.1 Å². The lowest BCUT2D eigenvalue weighted by atomic mass is 10.1. The molecule has 2 N–H and O–H groups in total. The van der Waals surface area contributed by atoms with E-state index in [1.165, 1.54) is 7.11 Å². The van der Waals surface area contributed by atoms with Gasteiger partial charge < -0.3 is 15.4 Å². The number of carbonyl (C=O) groups is 2.